The van der Waals surface area contributed by atoms with Gasteiger partial charge in [0.1, 0.15) is 5.75 Å². The van der Waals surface area contributed by atoms with E-state index in [2.05, 4.69) is 0 Å². The van der Waals surface area contributed by atoms with Crippen LogP contribution in [0.4, 0.5) is 14.5 Å². The molecule has 7 heteroatoms. The zero-order chi connectivity index (χ0) is 16.9. The lowest BCUT2D eigenvalue weighted by Crippen LogP contribution is -2.48. The number of hydrogen-bond donors (Lipinski definition) is 0. The molecule has 0 aliphatic carbocycles. The molecule has 122 valence electrons. The van der Waals surface area contributed by atoms with Crippen molar-refractivity contribution >= 4 is 19.9 Å². The lowest BCUT2D eigenvalue weighted by atomic mass is 10.3. The fourth-order valence-electron chi connectivity index (χ4n) is 2.04. The third-order valence-electron chi connectivity index (χ3n) is 2.87. The van der Waals surface area contributed by atoms with Gasteiger partial charge in [-0.05, 0) is 31.2 Å². The van der Waals surface area contributed by atoms with Gasteiger partial charge in [-0.1, -0.05) is 19.6 Å². The van der Waals surface area contributed by atoms with E-state index in [-0.39, 0.29) is 6.61 Å². The highest BCUT2D eigenvalue weighted by Crippen LogP contribution is 2.31. The maximum atomic E-state index is 13.4. The lowest BCUT2D eigenvalue weighted by molar-refractivity contribution is -0.138. The predicted molar refractivity (Wildman–Crippen MR) is 84.7 cm³/mol. The molecule has 4 nitrogen and oxygen atoms in total. The molecule has 0 saturated heterocycles. The van der Waals surface area contributed by atoms with Gasteiger partial charge in [0.05, 0.1) is 13.7 Å². The van der Waals surface area contributed by atoms with Crippen LogP contribution in [0.5, 0.6) is 5.75 Å². The number of esters is 1. The van der Waals surface area contributed by atoms with Gasteiger partial charge in [-0.25, -0.2) is 4.79 Å². The van der Waals surface area contributed by atoms with E-state index in [0.717, 1.165) is 0 Å². The van der Waals surface area contributed by atoms with Crippen LogP contribution >= 0.6 is 0 Å². The first-order valence-electron chi connectivity index (χ1n) is 6.89. The molecule has 0 atom stereocenters. The predicted octanol–water partition coefficient (Wildman–Crippen LogP) is 4.01. The summed E-state index contributed by atoms with van der Waals surface area (Å²) in [5, 5.41) is 0. The first-order valence-corrected chi connectivity index (χ1v) is 10.3. The topological polar surface area (TPSA) is 38.8 Å². The summed E-state index contributed by atoms with van der Waals surface area (Å²) in [5.41, 5.74) is -0.179. The number of methoxy groups -OCH3 is 1. The van der Waals surface area contributed by atoms with Gasteiger partial charge in [-0.15, -0.1) is 0 Å². The van der Waals surface area contributed by atoms with E-state index in [9.17, 15) is 13.6 Å². The standard InChI is InChI=1S/C15H21F2NO3Si/c1-6-21-15(19)13(14(16)17)18(22(3,4)5)11-7-9-12(20-2)10-8-11/h7-10H,6H2,1-5H3. The van der Waals surface area contributed by atoms with Crippen LogP contribution in [-0.2, 0) is 9.53 Å². The molecule has 0 amide bonds. The minimum absolute atomic E-state index is 0.0394. The number of rotatable bonds is 6. The van der Waals surface area contributed by atoms with Crippen LogP contribution in [0.1, 0.15) is 6.92 Å². The van der Waals surface area contributed by atoms with Crippen LogP contribution in [-0.4, -0.2) is 27.9 Å². The Morgan fingerprint density at radius 1 is 1.18 bits per heavy atom. The number of anilines is 1. The normalized spacial score (nSPS) is 10.9. The largest absolute Gasteiger partial charge is 0.497 e. The molecule has 1 aromatic carbocycles. The van der Waals surface area contributed by atoms with Gasteiger partial charge in [0.25, 0.3) is 0 Å². The molecule has 0 spiro atoms. The van der Waals surface area contributed by atoms with Crippen molar-refractivity contribution in [1.82, 2.24) is 0 Å². The van der Waals surface area contributed by atoms with Crippen molar-refractivity contribution in [2.24, 2.45) is 0 Å². The second-order valence-electron chi connectivity index (χ2n) is 5.53. The minimum atomic E-state index is -2.32. The Labute approximate surface area is 130 Å². The summed E-state index contributed by atoms with van der Waals surface area (Å²) in [5.74, 6) is -0.401. The van der Waals surface area contributed by atoms with E-state index >= 15 is 0 Å². The maximum Gasteiger partial charge on any atom is 0.359 e. The minimum Gasteiger partial charge on any atom is -0.497 e. The highest BCUT2D eigenvalue weighted by atomic mass is 28.3. The molecular formula is C15H21F2NO3Si. The number of carbonyl (C=O) groups is 1. The smallest absolute Gasteiger partial charge is 0.359 e. The van der Waals surface area contributed by atoms with E-state index in [4.69, 9.17) is 9.47 Å². The van der Waals surface area contributed by atoms with Gasteiger partial charge in [0, 0.05) is 5.69 Å². The summed E-state index contributed by atoms with van der Waals surface area (Å²) in [6, 6.07) is 6.64. The number of halogens is 2. The Balaban J connectivity index is 3.38. The van der Waals surface area contributed by atoms with E-state index < -0.39 is 26.0 Å². The van der Waals surface area contributed by atoms with Crippen LogP contribution in [0, 0.1) is 0 Å². The Kier molecular flexibility index (Phi) is 6.10. The van der Waals surface area contributed by atoms with Gasteiger partial charge in [-0.2, -0.15) is 8.78 Å². The molecule has 0 heterocycles. The van der Waals surface area contributed by atoms with Crippen molar-refractivity contribution in [2.45, 2.75) is 26.6 Å². The number of hydrogen-bond acceptors (Lipinski definition) is 4. The fraction of sp³-hybridized carbons (Fsp3) is 0.400. The second kappa shape index (κ2) is 7.39. The molecule has 0 N–H and O–H groups in total. The van der Waals surface area contributed by atoms with Crippen molar-refractivity contribution < 1.29 is 23.0 Å². The highest BCUT2D eigenvalue weighted by molar-refractivity contribution is 6.80. The average molecular weight is 329 g/mol. The number of benzene rings is 1. The molecular weight excluding hydrogens is 308 g/mol. The molecule has 0 bridgehead atoms. The van der Waals surface area contributed by atoms with Gasteiger partial charge in [0.2, 0.25) is 0 Å². The molecule has 1 aromatic rings. The first-order chi connectivity index (χ1) is 10.2. The zero-order valence-corrected chi connectivity index (χ0v) is 14.4. The zero-order valence-electron chi connectivity index (χ0n) is 13.4. The fourth-order valence-corrected chi connectivity index (χ4v) is 3.81. The maximum absolute atomic E-state index is 13.4. The van der Waals surface area contributed by atoms with E-state index in [1.54, 1.807) is 31.2 Å². The summed E-state index contributed by atoms with van der Waals surface area (Å²) in [6.45, 7) is 7.24. The molecule has 22 heavy (non-hydrogen) atoms. The molecule has 0 aromatic heterocycles. The van der Waals surface area contributed by atoms with Gasteiger partial charge in [0.15, 0.2) is 13.9 Å². The number of ether oxygens (including phenoxy) is 2. The summed E-state index contributed by atoms with van der Waals surface area (Å²) in [7, 11) is -0.795. The Morgan fingerprint density at radius 2 is 1.73 bits per heavy atom. The Morgan fingerprint density at radius 3 is 2.09 bits per heavy atom. The number of nitrogens with zero attached hydrogens (tertiary/aromatic N) is 1. The van der Waals surface area contributed by atoms with Crippen LogP contribution in [0.2, 0.25) is 19.6 Å². The molecule has 1 rings (SSSR count). The Bertz CT molecular complexity index is 549. The summed E-state index contributed by atoms with van der Waals surface area (Å²) in [6.07, 6.45) is -2.04. The summed E-state index contributed by atoms with van der Waals surface area (Å²) in [4.78, 5) is 12.0. The molecule has 0 fully saturated rings. The van der Waals surface area contributed by atoms with Crippen LogP contribution in [0.15, 0.2) is 36.0 Å². The third kappa shape index (κ3) is 4.30. The molecule has 0 aliphatic rings. The van der Waals surface area contributed by atoms with Crippen LogP contribution in [0.25, 0.3) is 0 Å². The van der Waals surface area contributed by atoms with E-state index in [1.807, 2.05) is 19.6 Å². The molecule has 0 aliphatic heterocycles. The summed E-state index contributed by atoms with van der Waals surface area (Å²) < 4.78 is 38.1. The van der Waals surface area contributed by atoms with Crippen LogP contribution in [0.3, 0.4) is 0 Å². The average Bonchev–Trinajstić information content (AvgIpc) is 2.43. The van der Waals surface area contributed by atoms with Crippen molar-refractivity contribution in [1.29, 1.82) is 0 Å². The molecule has 0 radical (unpaired) electrons. The van der Waals surface area contributed by atoms with Crippen LogP contribution < -0.4 is 9.30 Å². The van der Waals surface area contributed by atoms with E-state index in [1.165, 1.54) is 11.7 Å². The molecule has 0 unspecified atom stereocenters. The van der Waals surface area contributed by atoms with E-state index in [0.29, 0.717) is 11.4 Å². The lowest BCUT2D eigenvalue weighted by Gasteiger charge is -2.36. The number of carbonyl (C=O) groups excluding carboxylic acids is 1. The molecule has 0 saturated carbocycles. The van der Waals surface area contributed by atoms with Crippen molar-refractivity contribution in [3.63, 3.8) is 0 Å². The first kappa shape index (κ1) is 18.2. The highest BCUT2D eigenvalue weighted by Gasteiger charge is 2.35. The summed E-state index contributed by atoms with van der Waals surface area (Å²) >= 11 is 0. The SMILES string of the molecule is CCOC(=O)C(=C(F)F)N(c1ccc(OC)cc1)[Si](C)(C)C. The van der Waals surface area contributed by atoms with Crippen molar-refractivity contribution in [3.8, 4) is 5.75 Å². The monoisotopic (exact) mass is 329 g/mol. The second-order valence-corrected chi connectivity index (χ2v) is 10.3. The quantitative estimate of drug-likeness (QED) is 0.449. The third-order valence-corrected chi connectivity index (χ3v) is 4.70. The van der Waals surface area contributed by atoms with Gasteiger partial charge >= 0.3 is 12.0 Å². The van der Waals surface area contributed by atoms with Gasteiger partial charge in [-0.3, -0.25) is 0 Å². The Hall–Kier alpha value is -1.89. The van der Waals surface area contributed by atoms with Crippen molar-refractivity contribution in [2.75, 3.05) is 18.3 Å². The van der Waals surface area contributed by atoms with Gasteiger partial charge < -0.3 is 14.0 Å². The van der Waals surface area contributed by atoms with Crippen molar-refractivity contribution in [3.05, 3.63) is 36.0 Å².